The number of thioether (sulfide) groups is 1. The van der Waals surface area contributed by atoms with E-state index < -0.39 is 17.1 Å². The summed E-state index contributed by atoms with van der Waals surface area (Å²) in [6, 6.07) is 26.8. The van der Waals surface area contributed by atoms with Crippen molar-refractivity contribution in [2.75, 3.05) is 18.5 Å². The van der Waals surface area contributed by atoms with Crippen LogP contribution in [0.4, 0.5) is 10.5 Å². The van der Waals surface area contributed by atoms with Crippen LogP contribution in [0, 0.1) is 3.57 Å². The van der Waals surface area contributed by atoms with Gasteiger partial charge < -0.3 is 14.8 Å². The van der Waals surface area contributed by atoms with Gasteiger partial charge in [0, 0.05) is 5.69 Å². The molecule has 0 radical (unpaired) electrons. The molecule has 3 amide bonds. The predicted octanol–water partition coefficient (Wildman–Crippen LogP) is 7.10. The summed E-state index contributed by atoms with van der Waals surface area (Å²) in [5, 5.41) is 4.54. The molecule has 1 N–H and O–H groups in total. The van der Waals surface area contributed by atoms with E-state index in [1.165, 1.54) is 0 Å². The number of hydrogen-bond donors (Lipinski definition) is 1. The highest BCUT2D eigenvalue weighted by Crippen LogP contribution is 2.33. The number of imide groups is 1. The van der Waals surface area contributed by atoms with Gasteiger partial charge in [-0.15, -0.1) is 0 Å². The fourth-order valence-electron chi connectivity index (χ4n) is 4.23. The third-order valence-electron chi connectivity index (χ3n) is 6.14. The van der Waals surface area contributed by atoms with Crippen molar-refractivity contribution in [1.82, 2.24) is 4.90 Å². The van der Waals surface area contributed by atoms with Crippen molar-refractivity contribution in [2.45, 2.75) is 13.5 Å². The zero-order valence-electron chi connectivity index (χ0n) is 21.6. The van der Waals surface area contributed by atoms with Gasteiger partial charge in [-0.25, -0.2) is 0 Å². The molecule has 4 aromatic carbocycles. The number of carbonyl (C=O) groups excluding carboxylic acids is 3. The second kappa shape index (κ2) is 12.6. The largest absolute Gasteiger partial charge is 0.494 e. The Morgan fingerprint density at radius 3 is 2.52 bits per heavy atom. The van der Waals surface area contributed by atoms with Crippen LogP contribution < -0.4 is 14.8 Å². The normalized spacial score (nSPS) is 14.2. The van der Waals surface area contributed by atoms with Crippen LogP contribution >= 0.6 is 34.4 Å². The van der Waals surface area contributed by atoms with Crippen molar-refractivity contribution >= 4 is 73.9 Å². The van der Waals surface area contributed by atoms with Gasteiger partial charge in [-0.2, -0.15) is 0 Å². The number of rotatable bonds is 9. The monoisotopic (exact) mass is 664 g/mol. The van der Waals surface area contributed by atoms with E-state index in [2.05, 4.69) is 52.2 Å². The summed E-state index contributed by atoms with van der Waals surface area (Å²) in [5.41, 5.74) is 2.40. The lowest BCUT2D eigenvalue weighted by molar-refractivity contribution is -0.127. The van der Waals surface area contributed by atoms with Crippen LogP contribution in [0.25, 0.3) is 16.8 Å². The number of benzene rings is 4. The van der Waals surface area contributed by atoms with Gasteiger partial charge in [0.05, 0.1) is 15.1 Å². The summed E-state index contributed by atoms with van der Waals surface area (Å²) < 4.78 is 12.4. The smallest absolute Gasteiger partial charge is 0.294 e. The van der Waals surface area contributed by atoms with Gasteiger partial charge in [-0.1, -0.05) is 48.5 Å². The Balaban J connectivity index is 1.21. The highest BCUT2D eigenvalue weighted by Gasteiger charge is 2.36. The SMILES string of the molecule is CCOc1ccc(NC(=O)CN2C(=O)S/C(=C/c3ccc(OCc4cccc5ccccc45)c(I)c3)C2=O)cc1. The third kappa shape index (κ3) is 6.48. The highest BCUT2D eigenvalue weighted by molar-refractivity contribution is 14.1. The Kier molecular flexibility index (Phi) is 8.71. The third-order valence-corrected chi connectivity index (χ3v) is 7.89. The van der Waals surface area contributed by atoms with E-state index in [-0.39, 0.29) is 11.4 Å². The predicted molar refractivity (Wildman–Crippen MR) is 166 cm³/mol. The second-order valence-corrected chi connectivity index (χ2v) is 11.0. The first-order valence-electron chi connectivity index (χ1n) is 12.6. The van der Waals surface area contributed by atoms with E-state index in [9.17, 15) is 14.4 Å². The molecule has 0 spiro atoms. The molecule has 0 saturated carbocycles. The average Bonchev–Trinajstić information content (AvgIpc) is 3.21. The topological polar surface area (TPSA) is 84.9 Å². The van der Waals surface area contributed by atoms with Crippen LogP contribution in [0.1, 0.15) is 18.1 Å². The van der Waals surface area contributed by atoms with Crippen molar-refractivity contribution in [1.29, 1.82) is 0 Å². The van der Waals surface area contributed by atoms with Gasteiger partial charge in [0.1, 0.15) is 24.7 Å². The minimum Gasteiger partial charge on any atom is -0.494 e. The van der Waals surface area contributed by atoms with Gasteiger partial charge in [0.25, 0.3) is 11.1 Å². The van der Waals surface area contributed by atoms with Gasteiger partial charge >= 0.3 is 0 Å². The fraction of sp³-hybridized carbons (Fsp3) is 0.129. The van der Waals surface area contributed by atoms with Crippen LogP contribution in [0.3, 0.4) is 0 Å². The molecule has 7 nitrogen and oxygen atoms in total. The molecule has 1 saturated heterocycles. The highest BCUT2D eigenvalue weighted by atomic mass is 127. The molecule has 1 aliphatic heterocycles. The van der Waals surface area contributed by atoms with E-state index in [4.69, 9.17) is 9.47 Å². The van der Waals surface area contributed by atoms with E-state index in [1.807, 2.05) is 43.3 Å². The number of ether oxygens (including phenoxy) is 2. The Morgan fingerprint density at radius 2 is 1.75 bits per heavy atom. The van der Waals surface area contributed by atoms with Gasteiger partial charge in [-0.3, -0.25) is 19.3 Å². The maximum Gasteiger partial charge on any atom is 0.294 e. The number of amides is 3. The molecule has 0 aromatic heterocycles. The molecular weight excluding hydrogens is 639 g/mol. The van der Waals surface area contributed by atoms with Gasteiger partial charge in [0.2, 0.25) is 5.91 Å². The Morgan fingerprint density at radius 1 is 0.975 bits per heavy atom. The molecule has 1 fully saturated rings. The summed E-state index contributed by atoms with van der Waals surface area (Å²) in [5.74, 6) is 0.457. The van der Waals surface area contributed by atoms with Crippen LogP contribution in [0.15, 0.2) is 89.8 Å². The molecule has 1 aliphatic rings. The van der Waals surface area contributed by atoms with Crippen LogP contribution in [-0.4, -0.2) is 35.1 Å². The first-order chi connectivity index (χ1) is 19.4. The molecule has 5 rings (SSSR count). The van der Waals surface area contributed by atoms with Crippen molar-refractivity contribution in [3.05, 3.63) is 105 Å². The Hall–Kier alpha value is -3.83. The lowest BCUT2D eigenvalue weighted by Gasteiger charge is -2.13. The van der Waals surface area contributed by atoms with E-state index in [0.717, 1.165) is 47.9 Å². The van der Waals surface area contributed by atoms with Crippen molar-refractivity contribution < 1.29 is 23.9 Å². The standard InChI is InChI=1S/C31H25IN2O5S/c1-2-38-24-13-11-23(12-14-24)33-29(35)18-34-30(36)28(40-31(34)37)17-20-10-15-27(26(32)16-20)39-19-22-8-5-7-21-6-3-4-9-25(21)22/h3-17H,2,18-19H2,1H3,(H,33,35)/b28-17+. The Bertz CT molecular complexity index is 1610. The Labute approximate surface area is 249 Å². The minimum atomic E-state index is -0.497. The van der Waals surface area contributed by atoms with Gasteiger partial charge in [0.15, 0.2) is 0 Å². The lowest BCUT2D eigenvalue weighted by Crippen LogP contribution is -2.36. The summed E-state index contributed by atoms with van der Waals surface area (Å²) in [7, 11) is 0. The molecular formula is C31H25IN2O5S. The molecule has 1 heterocycles. The molecule has 0 unspecified atom stereocenters. The van der Waals surface area contributed by atoms with Crippen molar-refractivity contribution in [3.8, 4) is 11.5 Å². The van der Waals surface area contributed by atoms with Crippen molar-refractivity contribution in [3.63, 3.8) is 0 Å². The van der Waals surface area contributed by atoms with E-state index >= 15 is 0 Å². The fourth-order valence-corrected chi connectivity index (χ4v) is 5.76. The number of hydrogen-bond acceptors (Lipinski definition) is 6. The average molecular weight is 665 g/mol. The molecule has 202 valence electrons. The van der Waals surface area contributed by atoms with Crippen molar-refractivity contribution in [2.24, 2.45) is 0 Å². The molecule has 0 bridgehead atoms. The lowest BCUT2D eigenvalue weighted by atomic mass is 10.1. The maximum atomic E-state index is 12.9. The number of carbonyl (C=O) groups is 3. The molecule has 40 heavy (non-hydrogen) atoms. The zero-order valence-corrected chi connectivity index (χ0v) is 24.5. The van der Waals surface area contributed by atoms with Crippen LogP contribution in [0.2, 0.25) is 0 Å². The molecule has 0 aliphatic carbocycles. The zero-order chi connectivity index (χ0) is 28.1. The molecule has 0 atom stereocenters. The van der Waals surface area contributed by atoms with Gasteiger partial charge in [-0.05, 0) is 106 Å². The second-order valence-electron chi connectivity index (χ2n) is 8.89. The first-order valence-corrected chi connectivity index (χ1v) is 14.5. The first kappa shape index (κ1) is 27.7. The number of halogens is 1. The number of fused-ring (bicyclic) bond motifs is 1. The van der Waals surface area contributed by atoms with E-state index in [0.29, 0.717) is 24.7 Å². The quantitative estimate of drug-likeness (QED) is 0.152. The number of anilines is 1. The summed E-state index contributed by atoms with van der Waals surface area (Å²) in [6.07, 6.45) is 1.66. The maximum absolute atomic E-state index is 12.9. The van der Waals surface area contributed by atoms with E-state index in [1.54, 1.807) is 30.3 Å². The molecule has 4 aromatic rings. The summed E-state index contributed by atoms with van der Waals surface area (Å²) in [6.45, 7) is 2.49. The summed E-state index contributed by atoms with van der Waals surface area (Å²) >= 11 is 3.01. The molecule has 9 heteroatoms. The summed E-state index contributed by atoms with van der Waals surface area (Å²) in [4.78, 5) is 39.2. The van der Waals surface area contributed by atoms with Crippen LogP contribution in [-0.2, 0) is 16.2 Å². The number of nitrogens with zero attached hydrogens (tertiary/aromatic N) is 1. The number of nitrogens with one attached hydrogen (secondary N) is 1. The van der Waals surface area contributed by atoms with Crippen LogP contribution in [0.5, 0.6) is 11.5 Å². The minimum absolute atomic E-state index is 0.263.